The minimum Gasteiger partial charge on any atom is -0.434 e. The molecule has 4 nitrogen and oxygen atoms in total. The van der Waals surface area contributed by atoms with Crippen LogP contribution in [0, 0.1) is 0 Å². The van der Waals surface area contributed by atoms with Crippen molar-refractivity contribution in [3.05, 3.63) is 199 Å². The Bertz CT molecular complexity index is 2810. The molecule has 10 rings (SSSR count). The van der Waals surface area contributed by atoms with Gasteiger partial charge in [0.15, 0.2) is 5.58 Å². The minimum absolute atomic E-state index is 0.143. The number of benzene rings is 8. The Morgan fingerprint density at radius 1 is 0.444 bits per heavy atom. The van der Waals surface area contributed by atoms with Gasteiger partial charge in [0.25, 0.3) is 0 Å². The molecule has 4 heteroatoms. The van der Waals surface area contributed by atoms with Crippen molar-refractivity contribution in [3.63, 3.8) is 0 Å². The first-order valence-electron chi connectivity index (χ1n) is 18.5. The summed E-state index contributed by atoms with van der Waals surface area (Å²) in [6.07, 6.45) is 0. The third-order valence-electron chi connectivity index (χ3n) is 10.8. The molecule has 0 fully saturated rings. The summed E-state index contributed by atoms with van der Waals surface area (Å²) in [5.41, 5.74) is 13.6. The Morgan fingerprint density at radius 3 is 1.80 bits per heavy atom. The van der Waals surface area contributed by atoms with Gasteiger partial charge in [-0.2, -0.15) is 0 Å². The molecule has 1 aliphatic carbocycles. The molecule has 0 N–H and O–H groups in total. The van der Waals surface area contributed by atoms with Crippen LogP contribution >= 0.6 is 0 Å². The molecule has 9 aromatic rings. The van der Waals surface area contributed by atoms with E-state index >= 15 is 0 Å². The molecule has 1 aromatic heterocycles. The summed E-state index contributed by atoms with van der Waals surface area (Å²) >= 11 is 0. The van der Waals surface area contributed by atoms with Crippen LogP contribution < -0.4 is 9.80 Å². The second kappa shape index (κ2) is 12.6. The van der Waals surface area contributed by atoms with Gasteiger partial charge in [0, 0.05) is 33.7 Å². The molecule has 258 valence electrons. The second-order valence-electron chi connectivity index (χ2n) is 14.5. The van der Waals surface area contributed by atoms with E-state index in [1.165, 1.54) is 33.0 Å². The number of nitrogens with zero attached hydrogens (tertiary/aromatic N) is 3. The molecule has 0 atom stereocenters. The predicted octanol–water partition coefficient (Wildman–Crippen LogP) is 13.9. The van der Waals surface area contributed by atoms with E-state index in [-0.39, 0.29) is 5.41 Å². The number of aromatic nitrogens is 1. The number of hydrogen-bond donors (Lipinski definition) is 0. The highest BCUT2D eigenvalue weighted by Gasteiger charge is 2.36. The number of hydrogen-bond acceptors (Lipinski definition) is 4. The molecule has 0 unspecified atom stereocenters. The molecule has 0 radical (unpaired) electrons. The van der Waals surface area contributed by atoms with Crippen molar-refractivity contribution in [3.8, 4) is 22.6 Å². The third kappa shape index (κ3) is 5.26. The van der Waals surface area contributed by atoms with Crippen LogP contribution in [0.15, 0.2) is 192 Å². The first-order valence-corrected chi connectivity index (χ1v) is 18.5. The molecule has 8 aromatic carbocycles. The van der Waals surface area contributed by atoms with Crippen LogP contribution in [0.25, 0.3) is 44.5 Å². The number of fused-ring (bicyclic) bond motifs is 5. The number of rotatable bonds is 7. The Labute approximate surface area is 315 Å². The quantitative estimate of drug-likeness (QED) is 0.166. The minimum atomic E-state index is -0.143. The van der Waals surface area contributed by atoms with Gasteiger partial charge in [-0.15, -0.1) is 0 Å². The maximum absolute atomic E-state index is 6.80. The number of oxazole rings is 1. The van der Waals surface area contributed by atoms with E-state index in [4.69, 9.17) is 9.40 Å². The summed E-state index contributed by atoms with van der Waals surface area (Å²) in [7, 11) is 0. The van der Waals surface area contributed by atoms with Crippen molar-refractivity contribution in [1.82, 2.24) is 4.98 Å². The highest BCUT2D eigenvalue weighted by atomic mass is 16.3. The van der Waals surface area contributed by atoms with Crippen LogP contribution in [0.4, 0.5) is 34.1 Å². The second-order valence-corrected chi connectivity index (χ2v) is 14.5. The lowest BCUT2D eigenvalue weighted by Crippen LogP contribution is -2.17. The molecular formula is C50H37N3O. The highest BCUT2D eigenvalue weighted by Crippen LogP contribution is 2.51. The molecule has 0 saturated heterocycles. The average Bonchev–Trinajstić information content (AvgIpc) is 3.76. The molecule has 1 aliphatic rings. The molecule has 0 bridgehead atoms. The molecule has 54 heavy (non-hydrogen) atoms. The summed E-state index contributed by atoms with van der Waals surface area (Å²) in [4.78, 5) is 9.83. The van der Waals surface area contributed by atoms with Crippen molar-refractivity contribution in [1.29, 1.82) is 0 Å². The van der Waals surface area contributed by atoms with E-state index in [9.17, 15) is 0 Å². The van der Waals surface area contributed by atoms with Crippen molar-refractivity contribution < 1.29 is 4.42 Å². The molecule has 0 amide bonds. The fourth-order valence-corrected chi connectivity index (χ4v) is 8.18. The smallest absolute Gasteiger partial charge is 0.227 e. The Kier molecular flexibility index (Phi) is 7.44. The van der Waals surface area contributed by atoms with Gasteiger partial charge in [-0.1, -0.05) is 129 Å². The maximum Gasteiger partial charge on any atom is 0.227 e. The van der Waals surface area contributed by atoms with Crippen molar-refractivity contribution in [2.24, 2.45) is 0 Å². The van der Waals surface area contributed by atoms with E-state index in [0.29, 0.717) is 11.5 Å². The van der Waals surface area contributed by atoms with Gasteiger partial charge in [0.1, 0.15) is 5.52 Å². The summed E-state index contributed by atoms with van der Waals surface area (Å²) < 4.78 is 6.80. The van der Waals surface area contributed by atoms with E-state index < -0.39 is 0 Å². The van der Waals surface area contributed by atoms with E-state index in [1.54, 1.807) is 0 Å². The summed E-state index contributed by atoms with van der Waals surface area (Å²) in [6.45, 7) is 4.67. The summed E-state index contributed by atoms with van der Waals surface area (Å²) in [5, 5.41) is 2.36. The van der Waals surface area contributed by atoms with Crippen molar-refractivity contribution in [2.75, 3.05) is 9.80 Å². The fourth-order valence-electron chi connectivity index (χ4n) is 8.18. The van der Waals surface area contributed by atoms with Crippen LogP contribution in [0.3, 0.4) is 0 Å². The van der Waals surface area contributed by atoms with Crippen molar-refractivity contribution in [2.45, 2.75) is 19.3 Å². The average molecular weight is 696 g/mol. The molecule has 0 aliphatic heterocycles. The lowest BCUT2D eigenvalue weighted by atomic mass is 9.82. The number of para-hydroxylation sites is 2. The molecular weight excluding hydrogens is 659 g/mol. The third-order valence-corrected chi connectivity index (χ3v) is 10.8. The first-order chi connectivity index (χ1) is 26.5. The van der Waals surface area contributed by atoms with Gasteiger partial charge in [-0.05, 0) is 106 Å². The van der Waals surface area contributed by atoms with E-state index in [0.717, 1.165) is 45.2 Å². The number of anilines is 6. The van der Waals surface area contributed by atoms with Gasteiger partial charge >= 0.3 is 0 Å². The highest BCUT2D eigenvalue weighted by molar-refractivity contribution is 6.00. The summed E-state index contributed by atoms with van der Waals surface area (Å²) in [6, 6.07) is 66.6. The van der Waals surface area contributed by atoms with E-state index in [1.807, 2.05) is 30.3 Å². The van der Waals surface area contributed by atoms with E-state index in [2.05, 4.69) is 181 Å². The van der Waals surface area contributed by atoms with Gasteiger partial charge in [0.05, 0.1) is 11.4 Å². The zero-order chi connectivity index (χ0) is 36.2. The largest absolute Gasteiger partial charge is 0.434 e. The monoisotopic (exact) mass is 695 g/mol. The Hall–Kier alpha value is -6.91. The molecule has 0 saturated carbocycles. The van der Waals surface area contributed by atoms with Crippen LogP contribution in [0.1, 0.15) is 25.0 Å². The van der Waals surface area contributed by atoms with Crippen molar-refractivity contribution >= 4 is 56.0 Å². The van der Waals surface area contributed by atoms with Gasteiger partial charge in [0.2, 0.25) is 5.89 Å². The zero-order valence-electron chi connectivity index (χ0n) is 30.1. The fraction of sp³-hybridized carbons (Fsp3) is 0.0600. The summed E-state index contributed by atoms with van der Waals surface area (Å²) in [5.74, 6) is 0.582. The van der Waals surface area contributed by atoms with Crippen LogP contribution in [-0.4, -0.2) is 4.98 Å². The zero-order valence-corrected chi connectivity index (χ0v) is 30.1. The molecule has 0 spiro atoms. The first kappa shape index (κ1) is 31.8. The topological polar surface area (TPSA) is 32.5 Å². The Balaban J connectivity index is 1.24. The normalized spacial score (nSPS) is 12.8. The predicted molar refractivity (Wildman–Crippen MR) is 224 cm³/mol. The lowest BCUT2D eigenvalue weighted by molar-refractivity contribution is 0.620. The van der Waals surface area contributed by atoms with Crippen LogP contribution in [0.5, 0.6) is 0 Å². The maximum atomic E-state index is 6.80. The SMILES string of the molecule is CC1(C)c2ccccc2-c2ccc(N(c3ccccc3)c3cc(N(c4ccccc4)c4ccc5ccccc5c4)c4oc(-c5ccccc5)nc4c3)cc21. The standard InChI is InChI=1S/C50H37N3O/c1-50(2)44-25-15-14-24-42(44)43-29-28-40(31-45(43)50)52(37-20-8-4-9-21-37)41-32-46-48(54-49(51-46)35-17-6-3-7-18-35)47(33-41)53(38-22-10-5-11-23-38)39-27-26-34-16-12-13-19-36(34)30-39/h3-33H,1-2H3. The molecule has 1 heterocycles. The van der Waals surface area contributed by atoms with Gasteiger partial charge < -0.3 is 14.2 Å². The van der Waals surface area contributed by atoms with Crippen LogP contribution in [0.2, 0.25) is 0 Å². The Morgan fingerprint density at radius 2 is 1.04 bits per heavy atom. The lowest BCUT2D eigenvalue weighted by Gasteiger charge is -2.30. The van der Waals surface area contributed by atoms with Crippen LogP contribution in [-0.2, 0) is 5.41 Å². The van der Waals surface area contributed by atoms with Gasteiger partial charge in [-0.3, -0.25) is 0 Å². The van der Waals surface area contributed by atoms with Gasteiger partial charge in [-0.25, -0.2) is 4.98 Å².